The second-order valence-corrected chi connectivity index (χ2v) is 7.00. The van der Waals surface area contributed by atoms with Gasteiger partial charge in [-0.1, -0.05) is 12.1 Å². The van der Waals surface area contributed by atoms with Crippen LogP contribution >= 0.6 is 11.7 Å². The van der Waals surface area contributed by atoms with Crippen molar-refractivity contribution >= 4 is 23.3 Å². The van der Waals surface area contributed by atoms with Gasteiger partial charge in [0.1, 0.15) is 18.1 Å². The van der Waals surface area contributed by atoms with Crippen LogP contribution in [0.3, 0.4) is 0 Å². The molecular weight excluding hydrogens is 386 g/mol. The molecule has 0 aliphatic carbocycles. The molecule has 0 aliphatic rings. The topological polar surface area (TPSA) is 81.9 Å². The molecule has 0 bridgehead atoms. The minimum absolute atomic E-state index is 0.174. The van der Waals surface area contributed by atoms with Gasteiger partial charge in [-0.3, -0.25) is 9.48 Å². The standard InChI is InChI=1S/C21H19N5O2S/c1-15-20(25-29-24-15)14-28-19-8-6-17(7-9-19)21(27)23-18-5-2-4-16(12-18)13-26-11-3-10-22-26/h2-12H,13-14H2,1H3,(H,23,27). The monoisotopic (exact) mass is 405 g/mol. The van der Waals surface area contributed by atoms with Gasteiger partial charge in [0.05, 0.1) is 24.0 Å². The highest BCUT2D eigenvalue weighted by Gasteiger charge is 2.08. The van der Waals surface area contributed by atoms with E-state index < -0.39 is 0 Å². The Morgan fingerprint density at radius 2 is 2.00 bits per heavy atom. The first kappa shape index (κ1) is 18.8. The summed E-state index contributed by atoms with van der Waals surface area (Å²) >= 11 is 1.17. The van der Waals surface area contributed by atoms with Crippen molar-refractivity contribution in [2.24, 2.45) is 0 Å². The van der Waals surface area contributed by atoms with E-state index in [0.717, 1.165) is 22.6 Å². The van der Waals surface area contributed by atoms with Gasteiger partial charge in [0.2, 0.25) is 0 Å². The molecule has 0 atom stereocenters. The number of carbonyl (C=O) groups excluding carboxylic acids is 1. The summed E-state index contributed by atoms with van der Waals surface area (Å²) in [6.07, 6.45) is 3.65. The van der Waals surface area contributed by atoms with Gasteiger partial charge in [0.15, 0.2) is 0 Å². The van der Waals surface area contributed by atoms with Gasteiger partial charge in [-0.2, -0.15) is 13.8 Å². The van der Waals surface area contributed by atoms with E-state index >= 15 is 0 Å². The lowest BCUT2D eigenvalue weighted by Crippen LogP contribution is -2.12. The van der Waals surface area contributed by atoms with Crippen molar-refractivity contribution in [2.75, 3.05) is 5.32 Å². The molecule has 8 heteroatoms. The average molecular weight is 405 g/mol. The first-order valence-corrected chi connectivity index (χ1v) is 9.79. The molecule has 4 rings (SSSR count). The maximum absolute atomic E-state index is 12.6. The van der Waals surface area contributed by atoms with E-state index in [2.05, 4.69) is 19.2 Å². The van der Waals surface area contributed by atoms with Crippen LogP contribution in [0.15, 0.2) is 67.0 Å². The van der Waals surface area contributed by atoms with Crippen molar-refractivity contribution < 1.29 is 9.53 Å². The number of hydrogen-bond acceptors (Lipinski definition) is 6. The molecule has 2 heterocycles. The Kier molecular flexibility index (Phi) is 5.62. The lowest BCUT2D eigenvalue weighted by atomic mass is 10.1. The van der Waals surface area contributed by atoms with Crippen LogP contribution in [-0.2, 0) is 13.2 Å². The maximum Gasteiger partial charge on any atom is 0.255 e. The van der Waals surface area contributed by atoms with E-state index in [9.17, 15) is 4.79 Å². The van der Waals surface area contributed by atoms with Gasteiger partial charge < -0.3 is 10.1 Å². The van der Waals surface area contributed by atoms with Crippen LogP contribution in [0, 0.1) is 6.92 Å². The molecule has 1 amide bonds. The summed E-state index contributed by atoms with van der Waals surface area (Å²) in [7, 11) is 0. The van der Waals surface area contributed by atoms with Crippen molar-refractivity contribution in [1.82, 2.24) is 18.5 Å². The molecule has 2 aromatic heterocycles. The number of hydrogen-bond donors (Lipinski definition) is 1. The molecule has 0 fully saturated rings. The summed E-state index contributed by atoms with van der Waals surface area (Å²) in [6.45, 7) is 2.91. The molecule has 1 N–H and O–H groups in total. The van der Waals surface area contributed by atoms with Gasteiger partial charge >= 0.3 is 0 Å². The summed E-state index contributed by atoms with van der Waals surface area (Å²) in [4.78, 5) is 12.6. The van der Waals surface area contributed by atoms with Crippen molar-refractivity contribution in [3.63, 3.8) is 0 Å². The fourth-order valence-electron chi connectivity index (χ4n) is 2.77. The minimum atomic E-state index is -0.174. The number of nitrogens with one attached hydrogen (secondary N) is 1. The third-order valence-electron chi connectivity index (χ3n) is 4.33. The zero-order valence-electron chi connectivity index (χ0n) is 15.8. The van der Waals surface area contributed by atoms with E-state index in [-0.39, 0.29) is 5.91 Å². The number of anilines is 1. The molecule has 7 nitrogen and oxygen atoms in total. The lowest BCUT2D eigenvalue weighted by molar-refractivity contribution is 0.102. The highest BCUT2D eigenvalue weighted by molar-refractivity contribution is 6.99. The van der Waals surface area contributed by atoms with E-state index in [1.807, 2.05) is 48.1 Å². The van der Waals surface area contributed by atoms with Crippen LogP contribution in [0.2, 0.25) is 0 Å². The highest BCUT2D eigenvalue weighted by Crippen LogP contribution is 2.17. The molecule has 0 radical (unpaired) electrons. The van der Waals surface area contributed by atoms with Crippen LogP contribution < -0.4 is 10.1 Å². The molecule has 0 saturated carbocycles. The molecular formula is C21H19N5O2S. The van der Waals surface area contributed by atoms with Gasteiger partial charge in [-0.25, -0.2) is 0 Å². The first-order chi connectivity index (χ1) is 14.2. The summed E-state index contributed by atoms with van der Waals surface area (Å²) in [5.74, 6) is 0.502. The van der Waals surface area contributed by atoms with Gasteiger partial charge in [-0.05, 0) is 55.0 Å². The highest BCUT2D eigenvalue weighted by atomic mass is 32.1. The second-order valence-electron chi connectivity index (χ2n) is 6.47. The summed E-state index contributed by atoms with van der Waals surface area (Å²) in [6, 6.07) is 16.6. The molecule has 0 aliphatic heterocycles. The number of benzene rings is 2. The number of ether oxygens (including phenoxy) is 1. The maximum atomic E-state index is 12.6. The van der Waals surface area contributed by atoms with Crippen molar-refractivity contribution in [3.05, 3.63) is 89.5 Å². The Balaban J connectivity index is 1.36. The largest absolute Gasteiger partial charge is 0.487 e. The normalized spacial score (nSPS) is 10.7. The zero-order valence-corrected chi connectivity index (χ0v) is 16.6. The van der Waals surface area contributed by atoms with Gasteiger partial charge in [0.25, 0.3) is 5.91 Å². The second kappa shape index (κ2) is 8.66. The third-order valence-corrected chi connectivity index (χ3v) is 4.98. The Hall–Kier alpha value is -3.52. The zero-order chi connectivity index (χ0) is 20.1. The number of aromatic nitrogens is 4. The molecule has 2 aromatic carbocycles. The quantitative estimate of drug-likeness (QED) is 0.504. The van der Waals surface area contributed by atoms with Crippen LogP contribution in [0.5, 0.6) is 5.75 Å². The first-order valence-electron chi connectivity index (χ1n) is 9.06. The number of amides is 1. The number of aryl methyl sites for hydroxylation is 1. The number of nitrogens with zero attached hydrogens (tertiary/aromatic N) is 4. The minimum Gasteiger partial charge on any atom is -0.487 e. The number of carbonyl (C=O) groups is 1. The average Bonchev–Trinajstić information content (AvgIpc) is 3.39. The van der Waals surface area contributed by atoms with Crippen molar-refractivity contribution in [2.45, 2.75) is 20.1 Å². The summed E-state index contributed by atoms with van der Waals surface area (Å²) in [5.41, 5.74) is 4.06. The van der Waals surface area contributed by atoms with E-state index in [1.165, 1.54) is 11.7 Å². The summed E-state index contributed by atoms with van der Waals surface area (Å²) in [5, 5.41) is 7.14. The van der Waals surface area contributed by atoms with Crippen LogP contribution in [0.4, 0.5) is 5.69 Å². The summed E-state index contributed by atoms with van der Waals surface area (Å²) < 4.78 is 15.9. The fourth-order valence-corrected chi connectivity index (χ4v) is 3.32. The number of rotatable bonds is 7. The van der Waals surface area contributed by atoms with E-state index in [4.69, 9.17) is 4.74 Å². The molecule has 146 valence electrons. The Bertz CT molecular complexity index is 1090. The van der Waals surface area contributed by atoms with E-state index in [0.29, 0.717) is 24.5 Å². The van der Waals surface area contributed by atoms with Gasteiger partial charge in [0, 0.05) is 23.6 Å². The fraction of sp³-hybridized carbons (Fsp3) is 0.143. The molecule has 0 unspecified atom stereocenters. The van der Waals surface area contributed by atoms with Crippen LogP contribution in [-0.4, -0.2) is 24.4 Å². The van der Waals surface area contributed by atoms with Crippen molar-refractivity contribution in [3.8, 4) is 5.75 Å². The van der Waals surface area contributed by atoms with Crippen LogP contribution in [0.1, 0.15) is 27.3 Å². The van der Waals surface area contributed by atoms with E-state index in [1.54, 1.807) is 30.5 Å². The SMILES string of the molecule is Cc1nsnc1COc1ccc(C(=O)Nc2cccc(Cn3cccn3)c2)cc1. The van der Waals surface area contributed by atoms with Crippen LogP contribution in [0.25, 0.3) is 0 Å². The molecule has 0 spiro atoms. The molecule has 0 saturated heterocycles. The Labute approximate surface area is 172 Å². The van der Waals surface area contributed by atoms with Gasteiger partial charge in [-0.15, -0.1) is 0 Å². The molecule has 4 aromatic rings. The predicted octanol–water partition coefficient (Wildman–Crippen LogP) is 3.92. The lowest BCUT2D eigenvalue weighted by Gasteiger charge is -2.09. The Morgan fingerprint density at radius 1 is 1.14 bits per heavy atom. The van der Waals surface area contributed by atoms with Crippen molar-refractivity contribution in [1.29, 1.82) is 0 Å². The predicted molar refractivity (Wildman–Crippen MR) is 111 cm³/mol. The smallest absolute Gasteiger partial charge is 0.255 e. The molecule has 29 heavy (non-hydrogen) atoms. The Morgan fingerprint density at radius 3 is 2.72 bits per heavy atom. The third kappa shape index (κ3) is 4.85.